The van der Waals surface area contributed by atoms with E-state index in [1.165, 1.54) is 0 Å². The molecule has 1 saturated heterocycles. The number of likely N-dealkylation sites (N-methyl/N-ethyl adjacent to an activating group) is 1. The van der Waals surface area contributed by atoms with Gasteiger partial charge in [0.25, 0.3) is 0 Å². The molecule has 1 atom stereocenters. The Kier molecular flexibility index (Phi) is 5.45. The Balaban J connectivity index is 1.91. The van der Waals surface area contributed by atoms with Crippen molar-refractivity contribution in [3.8, 4) is 28.5 Å². The SMILES string of the molecule is COc1cc(-c2[nH]ncc2CN(C)[C@H]2CCOC2)cc(OC)c1OC. The first-order valence-electron chi connectivity index (χ1n) is 8.28. The minimum Gasteiger partial charge on any atom is -0.493 e. The second-order valence-electron chi connectivity index (χ2n) is 6.12. The fourth-order valence-electron chi connectivity index (χ4n) is 3.17. The Labute approximate surface area is 147 Å². The van der Waals surface area contributed by atoms with Gasteiger partial charge in [0.15, 0.2) is 11.5 Å². The highest BCUT2D eigenvalue weighted by atomic mass is 16.5. The fraction of sp³-hybridized carbons (Fsp3) is 0.500. The van der Waals surface area contributed by atoms with Crippen LogP contribution in [0.2, 0.25) is 0 Å². The van der Waals surface area contributed by atoms with Crippen LogP contribution in [0.5, 0.6) is 17.2 Å². The van der Waals surface area contributed by atoms with E-state index in [0.717, 1.165) is 43.0 Å². The van der Waals surface area contributed by atoms with Gasteiger partial charge in [0, 0.05) is 30.3 Å². The third kappa shape index (κ3) is 3.57. The molecular formula is C18H25N3O4. The van der Waals surface area contributed by atoms with E-state index in [0.29, 0.717) is 23.3 Å². The summed E-state index contributed by atoms with van der Waals surface area (Å²) >= 11 is 0. The van der Waals surface area contributed by atoms with Crippen LogP contribution in [0.1, 0.15) is 12.0 Å². The van der Waals surface area contributed by atoms with Crippen LogP contribution in [0.4, 0.5) is 0 Å². The number of benzene rings is 1. The minimum absolute atomic E-state index is 0.447. The van der Waals surface area contributed by atoms with E-state index < -0.39 is 0 Å². The van der Waals surface area contributed by atoms with Gasteiger partial charge < -0.3 is 18.9 Å². The molecule has 0 bridgehead atoms. The molecule has 136 valence electrons. The lowest BCUT2D eigenvalue weighted by molar-refractivity contribution is 0.156. The number of hydrogen-bond acceptors (Lipinski definition) is 6. The summed E-state index contributed by atoms with van der Waals surface area (Å²) in [4.78, 5) is 2.30. The zero-order valence-corrected chi connectivity index (χ0v) is 15.2. The lowest BCUT2D eigenvalue weighted by Crippen LogP contribution is -2.31. The largest absolute Gasteiger partial charge is 0.493 e. The second-order valence-corrected chi connectivity index (χ2v) is 6.12. The normalized spacial score (nSPS) is 17.1. The Morgan fingerprint density at radius 2 is 1.92 bits per heavy atom. The van der Waals surface area contributed by atoms with E-state index in [1.807, 2.05) is 18.3 Å². The van der Waals surface area contributed by atoms with Crippen LogP contribution in [0.25, 0.3) is 11.3 Å². The number of methoxy groups -OCH3 is 3. The topological polar surface area (TPSA) is 68.8 Å². The van der Waals surface area contributed by atoms with Gasteiger partial charge in [-0.1, -0.05) is 0 Å². The summed E-state index contributed by atoms with van der Waals surface area (Å²) in [7, 11) is 6.94. The van der Waals surface area contributed by atoms with Crippen molar-refractivity contribution < 1.29 is 18.9 Å². The maximum atomic E-state index is 5.49. The van der Waals surface area contributed by atoms with Gasteiger partial charge in [-0.3, -0.25) is 10.00 Å². The predicted molar refractivity (Wildman–Crippen MR) is 94.4 cm³/mol. The molecular weight excluding hydrogens is 322 g/mol. The fourth-order valence-corrected chi connectivity index (χ4v) is 3.17. The molecule has 25 heavy (non-hydrogen) atoms. The van der Waals surface area contributed by atoms with Crippen molar-refractivity contribution in [1.29, 1.82) is 0 Å². The van der Waals surface area contributed by atoms with Gasteiger partial charge in [-0.05, 0) is 25.6 Å². The maximum Gasteiger partial charge on any atom is 0.203 e. The van der Waals surface area contributed by atoms with Gasteiger partial charge >= 0.3 is 0 Å². The quantitative estimate of drug-likeness (QED) is 0.829. The molecule has 1 N–H and O–H groups in total. The van der Waals surface area contributed by atoms with Crippen molar-refractivity contribution in [1.82, 2.24) is 15.1 Å². The molecule has 1 fully saturated rings. The van der Waals surface area contributed by atoms with Gasteiger partial charge in [0.2, 0.25) is 5.75 Å². The number of ether oxygens (including phenoxy) is 4. The average molecular weight is 347 g/mol. The van der Waals surface area contributed by atoms with Gasteiger partial charge in [0.1, 0.15) is 0 Å². The standard InChI is InChI=1S/C18H25N3O4/c1-21(14-5-6-25-11-14)10-13-9-19-20-17(13)12-7-15(22-2)18(24-4)16(8-12)23-3/h7-9,14H,5-6,10-11H2,1-4H3,(H,19,20)/t14-/m0/s1. The summed E-state index contributed by atoms with van der Waals surface area (Å²) in [5, 5.41) is 7.33. The molecule has 3 rings (SSSR count). The van der Waals surface area contributed by atoms with Gasteiger partial charge in [-0.2, -0.15) is 5.10 Å². The Morgan fingerprint density at radius 3 is 2.48 bits per heavy atom. The maximum absolute atomic E-state index is 5.49. The number of H-pyrrole nitrogens is 1. The summed E-state index contributed by atoms with van der Waals surface area (Å²) in [6.45, 7) is 2.41. The van der Waals surface area contributed by atoms with E-state index in [-0.39, 0.29) is 0 Å². The molecule has 0 saturated carbocycles. The average Bonchev–Trinajstić information content (AvgIpc) is 3.32. The number of rotatable bonds is 7. The highest BCUT2D eigenvalue weighted by Gasteiger charge is 2.22. The van der Waals surface area contributed by atoms with Crippen LogP contribution in [-0.4, -0.2) is 62.7 Å². The summed E-state index contributed by atoms with van der Waals surface area (Å²) in [6, 6.07) is 4.30. The number of hydrogen-bond donors (Lipinski definition) is 1. The first kappa shape index (κ1) is 17.6. The van der Waals surface area contributed by atoms with Crippen molar-refractivity contribution >= 4 is 0 Å². The first-order valence-corrected chi connectivity index (χ1v) is 8.28. The lowest BCUT2D eigenvalue weighted by Gasteiger charge is -2.22. The number of aromatic amines is 1. The Hall–Kier alpha value is -2.25. The monoisotopic (exact) mass is 347 g/mol. The third-order valence-electron chi connectivity index (χ3n) is 4.62. The van der Waals surface area contributed by atoms with Crippen LogP contribution < -0.4 is 14.2 Å². The van der Waals surface area contributed by atoms with Gasteiger partial charge in [-0.25, -0.2) is 0 Å². The van der Waals surface area contributed by atoms with E-state index >= 15 is 0 Å². The van der Waals surface area contributed by atoms with Crippen molar-refractivity contribution in [3.63, 3.8) is 0 Å². The lowest BCUT2D eigenvalue weighted by atomic mass is 10.1. The van der Waals surface area contributed by atoms with Crippen molar-refractivity contribution in [2.45, 2.75) is 19.0 Å². The zero-order valence-electron chi connectivity index (χ0n) is 15.2. The van der Waals surface area contributed by atoms with Crippen LogP contribution in [0, 0.1) is 0 Å². The molecule has 2 heterocycles. The third-order valence-corrected chi connectivity index (χ3v) is 4.62. The molecule has 2 aromatic rings. The van der Waals surface area contributed by atoms with Gasteiger partial charge in [-0.15, -0.1) is 0 Å². The molecule has 0 amide bonds. The summed E-state index contributed by atoms with van der Waals surface area (Å²) in [5.41, 5.74) is 3.01. The number of nitrogens with zero attached hydrogens (tertiary/aromatic N) is 2. The molecule has 1 aromatic carbocycles. The van der Waals surface area contributed by atoms with Crippen LogP contribution in [-0.2, 0) is 11.3 Å². The minimum atomic E-state index is 0.447. The number of aromatic nitrogens is 2. The molecule has 0 aliphatic carbocycles. The van der Waals surface area contributed by atoms with E-state index in [2.05, 4.69) is 22.1 Å². The van der Waals surface area contributed by atoms with Crippen LogP contribution >= 0.6 is 0 Å². The highest BCUT2D eigenvalue weighted by Crippen LogP contribution is 2.41. The van der Waals surface area contributed by atoms with Crippen molar-refractivity contribution in [2.24, 2.45) is 0 Å². The molecule has 0 spiro atoms. The van der Waals surface area contributed by atoms with E-state index in [4.69, 9.17) is 18.9 Å². The predicted octanol–water partition coefficient (Wildman–Crippen LogP) is 2.32. The molecule has 1 aliphatic rings. The number of nitrogens with one attached hydrogen (secondary N) is 1. The van der Waals surface area contributed by atoms with Crippen LogP contribution in [0.3, 0.4) is 0 Å². The molecule has 0 unspecified atom stereocenters. The molecule has 7 nitrogen and oxygen atoms in total. The summed E-state index contributed by atoms with van der Waals surface area (Å²) in [6.07, 6.45) is 2.93. The van der Waals surface area contributed by atoms with Crippen LogP contribution in [0.15, 0.2) is 18.3 Å². The van der Waals surface area contributed by atoms with Gasteiger partial charge in [0.05, 0.1) is 39.8 Å². The Morgan fingerprint density at radius 1 is 1.20 bits per heavy atom. The zero-order chi connectivity index (χ0) is 17.8. The summed E-state index contributed by atoms with van der Waals surface area (Å²) in [5.74, 6) is 1.82. The van der Waals surface area contributed by atoms with Crippen molar-refractivity contribution in [2.75, 3.05) is 41.6 Å². The molecule has 0 radical (unpaired) electrons. The molecule has 1 aromatic heterocycles. The molecule has 1 aliphatic heterocycles. The second kappa shape index (κ2) is 7.76. The van der Waals surface area contributed by atoms with Crippen molar-refractivity contribution in [3.05, 3.63) is 23.9 Å². The summed E-state index contributed by atoms with van der Waals surface area (Å²) < 4.78 is 21.8. The smallest absolute Gasteiger partial charge is 0.203 e. The first-order chi connectivity index (χ1) is 12.2. The highest BCUT2D eigenvalue weighted by molar-refractivity contribution is 5.70. The molecule has 7 heteroatoms. The van der Waals surface area contributed by atoms with E-state index in [9.17, 15) is 0 Å². The Bertz CT molecular complexity index is 685. The van der Waals surface area contributed by atoms with E-state index in [1.54, 1.807) is 21.3 Å².